The minimum absolute atomic E-state index is 0.219. The first-order chi connectivity index (χ1) is 6.22. The molecule has 0 saturated carbocycles. The van der Waals surface area contributed by atoms with Gasteiger partial charge in [-0.15, -0.1) is 0 Å². The zero-order valence-electron chi connectivity index (χ0n) is 7.83. The second kappa shape index (κ2) is 3.13. The summed E-state index contributed by atoms with van der Waals surface area (Å²) in [5, 5.41) is 9.89. The zero-order chi connectivity index (χ0) is 9.42. The number of hydrogen-bond acceptors (Lipinski definition) is 2. The molecule has 3 N–H and O–H groups in total. The van der Waals surface area contributed by atoms with Gasteiger partial charge in [0.2, 0.25) is 0 Å². The first-order valence-corrected chi connectivity index (χ1v) is 4.70. The molecular formula is C11H15NO. The van der Waals surface area contributed by atoms with Crippen LogP contribution < -0.4 is 5.73 Å². The lowest BCUT2D eigenvalue weighted by molar-refractivity contribution is 0.127. The quantitative estimate of drug-likeness (QED) is 0.676. The number of aliphatic hydroxyl groups excluding tert-OH is 1. The van der Waals surface area contributed by atoms with Gasteiger partial charge in [0.15, 0.2) is 0 Å². The Hall–Kier alpha value is -0.860. The van der Waals surface area contributed by atoms with Crippen molar-refractivity contribution < 1.29 is 5.11 Å². The van der Waals surface area contributed by atoms with E-state index in [1.54, 1.807) is 0 Å². The van der Waals surface area contributed by atoms with Crippen molar-refractivity contribution in [2.75, 3.05) is 6.54 Å². The van der Waals surface area contributed by atoms with Gasteiger partial charge in [-0.2, -0.15) is 0 Å². The first-order valence-electron chi connectivity index (χ1n) is 4.70. The van der Waals surface area contributed by atoms with Crippen LogP contribution in [0.25, 0.3) is 0 Å². The van der Waals surface area contributed by atoms with Gasteiger partial charge in [-0.1, -0.05) is 23.8 Å². The fourth-order valence-corrected chi connectivity index (χ4v) is 2.04. The number of hydrogen-bond donors (Lipinski definition) is 2. The van der Waals surface area contributed by atoms with Crippen molar-refractivity contribution in [3.63, 3.8) is 0 Å². The lowest BCUT2D eigenvalue weighted by Crippen LogP contribution is -2.18. The van der Waals surface area contributed by atoms with Crippen molar-refractivity contribution in [1.82, 2.24) is 0 Å². The van der Waals surface area contributed by atoms with E-state index in [0.29, 0.717) is 6.54 Å². The molecule has 2 atom stereocenters. The van der Waals surface area contributed by atoms with Crippen molar-refractivity contribution >= 4 is 0 Å². The van der Waals surface area contributed by atoms with Gasteiger partial charge in [-0.3, -0.25) is 0 Å². The molecule has 2 rings (SSSR count). The molecule has 0 saturated heterocycles. The van der Waals surface area contributed by atoms with Crippen LogP contribution in [0.4, 0.5) is 0 Å². The van der Waals surface area contributed by atoms with Crippen LogP contribution in [0.3, 0.4) is 0 Å². The summed E-state index contributed by atoms with van der Waals surface area (Å²) in [6, 6.07) is 6.25. The van der Waals surface area contributed by atoms with Gasteiger partial charge in [-0.05, 0) is 31.0 Å². The highest BCUT2D eigenvalue weighted by atomic mass is 16.3. The Bertz CT molecular complexity index is 322. The predicted octanol–water partition coefficient (Wildman–Crippen LogP) is 1.16. The molecule has 0 aliphatic heterocycles. The minimum Gasteiger partial charge on any atom is -0.388 e. The molecule has 2 unspecified atom stereocenters. The lowest BCUT2D eigenvalue weighted by Gasteiger charge is -2.11. The van der Waals surface area contributed by atoms with Crippen LogP contribution in [-0.2, 0) is 6.42 Å². The van der Waals surface area contributed by atoms with Crippen molar-refractivity contribution in [2.24, 2.45) is 11.7 Å². The summed E-state index contributed by atoms with van der Waals surface area (Å²) >= 11 is 0. The summed E-state index contributed by atoms with van der Waals surface area (Å²) in [6.07, 6.45) is 0.577. The zero-order valence-corrected chi connectivity index (χ0v) is 7.83. The van der Waals surface area contributed by atoms with Gasteiger partial charge in [0.25, 0.3) is 0 Å². The van der Waals surface area contributed by atoms with E-state index < -0.39 is 0 Å². The van der Waals surface area contributed by atoms with Gasteiger partial charge < -0.3 is 10.8 Å². The smallest absolute Gasteiger partial charge is 0.0836 e. The summed E-state index contributed by atoms with van der Waals surface area (Å²) in [5.74, 6) is 0.219. The number of nitrogens with two attached hydrogens (primary N) is 1. The second-order valence-corrected chi connectivity index (χ2v) is 3.85. The Morgan fingerprint density at radius 3 is 3.00 bits per heavy atom. The van der Waals surface area contributed by atoms with Gasteiger partial charge in [0.1, 0.15) is 0 Å². The highest BCUT2D eigenvalue weighted by Crippen LogP contribution is 2.35. The summed E-state index contributed by atoms with van der Waals surface area (Å²) < 4.78 is 0. The SMILES string of the molecule is Cc1ccc2c(c1)C(O)C(CN)C2. The van der Waals surface area contributed by atoms with Crippen molar-refractivity contribution in [2.45, 2.75) is 19.4 Å². The van der Waals surface area contributed by atoms with E-state index in [0.717, 1.165) is 12.0 Å². The van der Waals surface area contributed by atoms with Crippen LogP contribution >= 0.6 is 0 Å². The Balaban J connectivity index is 2.39. The fraction of sp³-hybridized carbons (Fsp3) is 0.455. The van der Waals surface area contributed by atoms with E-state index in [1.165, 1.54) is 11.1 Å². The largest absolute Gasteiger partial charge is 0.388 e. The van der Waals surface area contributed by atoms with E-state index in [2.05, 4.69) is 18.2 Å². The van der Waals surface area contributed by atoms with Crippen molar-refractivity contribution in [3.05, 3.63) is 34.9 Å². The third kappa shape index (κ3) is 1.36. The maximum absolute atomic E-state index is 9.89. The molecule has 1 aromatic carbocycles. The first kappa shape index (κ1) is 8.73. The molecule has 1 aliphatic carbocycles. The molecule has 2 nitrogen and oxygen atoms in total. The average molecular weight is 177 g/mol. The number of aryl methyl sites for hydroxylation is 1. The van der Waals surface area contributed by atoms with Crippen LogP contribution in [0.1, 0.15) is 22.8 Å². The van der Waals surface area contributed by atoms with Crippen LogP contribution in [0.5, 0.6) is 0 Å². The second-order valence-electron chi connectivity index (χ2n) is 3.85. The van der Waals surface area contributed by atoms with Gasteiger partial charge in [0, 0.05) is 5.92 Å². The molecule has 2 heteroatoms. The Kier molecular flexibility index (Phi) is 2.10. The molecular weight excluding hydrogens is 162 g/mol. The highest BCUT2D eigenvalue weighted by molar-refractivity contribution is 5.37. The van der Waals surface area contributed by atoms with Crippen molar-refractivity contribution in [1.29, 1.82) is 0 Å². The summed E-state index contributed by atoms with van der Waals surface area (Å²) in [4.78, 5) is 0. The molecule has 13 heavy (non-hydrogen) atoms. The van der Waals surface area contributed by atoms with Crippen LogP contribution in [0, 0.1) is 12.8 Å². The molecule has 1 aromatic rings. The summed E-state index contributed by atoms with van der Waals surface area (Å²) in [5.41, 5.74) is 9.12. The predicted molar refractivity (Wildman–Crippen MR) is 52.4 cm³/mol. The van der Waals surface area contributed by atoms with Crippen LogP contribution in [0.15, 0.2) is 18.2 Å². The Labute approximate surface area is 78.4 Å². The maximum Gasteiger partial charge on any atom is 0.0836 e. The molecule has 1 aliphatic rings. The van der Waals surface area contributed by atoms with E-state index in [9.17, 15) is 5.11 Å². The summed E-state index contributed by atoms with van der Waals surface area (Å²) in [7, 11) is 0. The fourth-order valence-electron chi connectivity index (χ4n) is 2.04. The highest BCUT2D eigenvalue weighted by Gasteiger charge is 2.29. The minimum atomic E-state index is -0.347. The van der Waals surface area contributed by atoms with Gasteiger partial charge in [0.05, 0.1) is 6.10 Å². The van der Waals surface area contributed by atoms with E-state index in [4.69, 9.17) is 5.73 Å². The van der Waals surface area contributed by atoms with Crippen LogP contribution in [0.2, 0.25) is 0 Å². The summed E-state index contributed by atoms with van der Waals surface area (Å²) in [6.45, 7) is 2.61. The Morgan fingerprint density at radius 1 is 1.54 bits per heavy atom. The van der Waals surface area contributed by atoms with E-state index >= 15 is 0 Å². The number of rotatable bonds is 1. The lowest BCUT2D eigenvalue weighted by atomic mass is 10.0. The molecule has 0 radical (unpaired) electrons. The topological polar surface area (TPSA) is 46.2 Å². The molecule has 0 amide bonds. The third-order valence-electron chi connectivity index (χ3n) is 2.85. The number of benzene rings is 1. The molecule has 0 heterocycles. The molecule has 0 fully saturated rings. The van der Waals surface area contributed by atoms with Crippen molar-refractivity contribution in [3.8, 4) is 0 Å². The number of fused-ring (bicyclic) bond motifs is 1. The molecule has 70 valence electrons. The third-order valence-corrected chi connectivity index (χ3v) is 2.85. The average Bonchev–Trinajstić information content (AvgIpc) is 2.44. The number of aliphatic hydroxyl groups is 1. The van der Waals surface area contributed by atoms with Gasteiger partial charge in [-0.25, -0.2) is 0 Å². The molecule has 0 bridgehead atoms. The molecule has 0 aromatic heterocycles. The Morgan fingerprint density at radius 2 is 2.31 bits per heavy atom. The van der Waals surface area contributed by atoms with E-state index in [-0.39, 0.29) is 12.0 Å². The van der Waals surface area contributed by atoms with Crippen LogP contribution in [-0.4, -0.2) is 11.7 Å². The maximum atomic E-state index is 9.89. The van der Waals surface area contributed by atoms with E-state index in [1.807, 2.05) is 6.92 Å². The normalized spacial score (nSPS) is 26.1. The molecule has 0 spiro atoms. The monoisotopic (exact) mass is 177 g/mol. The van der Waals surface area contributed by atoms with Gasteiger partial charge >= 0.3 is 0 Å². The standard InChI is InChI=1S/C11H15NO/c1-7-2-3-8-5-9(6-12)11(13)10(8)4-7/h2-4,9,11,13H,5-6,12H2,1H3.